The number of rotatable bonds is 8. The molecule has 2 aromatic heterocycles. The lowest BCUT2D eigenvalue weighted by molar-refractivity contribution is 0.103. The summed E-state index contributed by atoms with van der Waals surface area (Å²) >= 11 is 0. The van der Waals surface area contributed by atoms with Crippen LogP contribution in [0.5, 0.6) is 11.5 Å². The molecule has 1 aromatic carbocycles. The molecule has 1 N–H and O–H groups in total. The summed E-state index contributed by atoms with van der Waals surface area (Å²) in [4.78, 5) is 9.73. The van der Waals surface area contributed by atoms with Crippen molar-refractivity contribution in [3.05, 3.63) is 42.2 Å². The van der Waals surface area contributed by atoms with Gasteiger partial charge in [-0.05, 0) is 37.8 Å². The van der Waals surface area contributed by atoms with Crippen molar-refractivity contribution < 1.29 is 27.0 Å². The minimum absolute atomic E-state index is 0.00320. The molecule has 0 amide bonds. The van der Waals surface area contributed by atoms with Gasteiger partial charge in [0, 0.05) is 19.7 Å². The normalized spacial score (nSPS) is 20.1. The maximum Gasteiger partial charge on any atom is 0.243 e. The molecule has 2 atom stereocenters. The van der Waals surface area contributed by atoms with Gasteiger partial charge in [0.2, 0.25) is 21.9 Å². The van der Waals surface area contributed by atoms with Gasteiger partial charge in [-0.15, -0.1) is 10.2 Å². The van der Waals surface area contributed by atoms with Crippen LogP contribution in [0.2, 0.25) is 0 Å². The van der Waals surface area contributed by atoms with Crippen LogP contribution >= 0.6 is 0 Å². The largest absolute Gasteiger partial charge is 0.494 e. The first-order chi connectivity index (χ1) is 17.9. The summed E-state index contributed by atoms with van der Waals surface area (Å²) in [5.41, 5.74) is 0.464. The number of piperidine rings is 1. The van der Waals surface area contributed by atoms with Gasteiger partial charge in [-0.25, -0.2) is 22.8 Å². The summed E-state index contributed by atoms with van der Waals surface area (Å²) in [6, 6.07) is 5.27. The van der Waals surface area contributed by atoms with E-state index in [1.54, 1.807) is 27.7 Å². The van der Waals surface area contributed by atoms with E-state index in [2.05, 4.69) is 24.9 Å². The number of ether oxygens (including phenoxy) is 3. The Labute approximate surface area is 213 Å². The van der Waals surface area contributed by atoms with Gasteiger partial charge in [0.15, 0.2) is 11.6 Å². The Balaban J connectivity index is 1.50. The van der Waals surface area contributed by atoms with E-state index < -0.39 is 21.1 Å². The zero-order valence-corrected chi connectivity index (χ0v) is 21.3. The van der Waals surface area contributed by atoms with Crippen molar-refractivity contribution in [3.8, 4) is 17.2 Å². The first-order valence-corrected chi connectivity index (χ1v) is 13.5. The highest BCUT2D eigenvalue weighted by atomic mass is 32.2. The van der Waals surface area contributed by atoms with Crippen LogP contribution in [-0.2, 0) is 14.8 Å². The number of sulfonamides is 1. The second-order valence-corrected chi connectivity index (χ2v) is 10.7. The molecule has 0 aliphatic carbocycles. The zero-order valence-electron chi connectivity index (χ0n) is 20.5. The number of hydrogen-bond acceptors (Lipinski definition) is 10. The molecule has 37 heavy (non-hydrogen) atoms. The molecule has 2 aliphatic rings. The van der Waals surface area contributed by atoms with Crippen LogP contribution in [0, 0.1) is 5.82 Å². The summed E-state index contributed by atoms with van der Waals surface area (Å²) in [6.07, 6.45) is 4.37. The van der Waals surface area contributed by atoms with E-state index in [-0.39, 0.29) is 24.5 Å². The summed E-state index contributed by atoms with van der Waals surface area (Å²) in [5.74, 6) is 1.09. The van der Waals surface area contributed by atoms with E-state index in [0.717, 1.165) is 25.2 Å². The standard InChI is InChI=1S/C23H28FN7O5S/c1-34-17-7-3-8-18(35-2)20(17)31-21(19-9-5-11-36-19)27-28-23(31)29-37(32,33)16-6-4-10-30(14-16)22-25-12-15(24)13-26-22/h3,7-8,12-13,16,19H,4-6,9-11,14H2,1-2H3,(H,28,29). The SMILES string of the molecule is COc1cccc(OC)c1-n1c(NS(=O)(=O)C2CCCN(c3ncc(F)cn3)C2)nnc1C1CCCO1. The third kappa shape index (κ3) is 5.03. The van der Waals surface area contributed by atoms with Crippen LogP contribution in [-0.4, -0.2) is 72.3 Å². The van der Waals surface area contributed by atoms with Crippen LogP contribution in [0.1, 0.15) is 37.6 Å². The van der Waals surface area contributed by atoms with Gasteiger partial charge < -0.3 is 19.1 Å². The van der Waals surface area contributed by atoms with Crippen molar-refractivity contribution in [2.24, 2.45) is 0 Å². The summed E-state index contributed by atoms with van der Waals surface area (Å²) in [5, 5.41) is 7.73. The Morgan fingerprint density at radius 3 is 2.46 bits per heavy atom. The summed E-state index contributed by atoms with van der Waals surface area (Å²) < 4.78 is 61.7. The Hall–Kier alpha value is -3.52. The highest BCUT2D eigenvalue weighted by Gasteiger charge is 2.35. The molecule has 0 spiro atoms. The highest BCUT2D eigenvalue weighted by Crippen LogP contribution is 2.39. The topological polar surface area (TPSA) is 134 Å². The lowest BCUT2D eigenvalue weighted by Crippen LogP contribution is -2.45. The molecular weight excluding hydrogens is 505 g/mol. The van der Waals surface area contributed by atoms with E-state index in [0.29, 0.717) is 49.0 Å². The van der Waals surface area contributed by atoms with Gasteiger partial charge in [-0.2, -0.15) is 0 Å². The van der Waals surface area contributed by atoms with E-state index in [1.165, 1.54) is 14.2 Å². The van der Waals surface area contributed by atoms with Crippen molar-refractivity contribution in [3.63, 3.8) is 0 Å². The molecule has 14 heteroatoms. The van der Waals surface area contributed by atoms with Gasteiger partial charge in [-0.1, -0.05) is 6.07 Å². The summed E-state index contributed by atoms with van der Waals surface area (Å²) in [6.45, 7) is 1.28. The summed E-state index contributed by atoms with van der Waals surface area (Å²) in [7, 11) is -0.892. The number of methoxy groups -OCH3 is 2. The Morgan fingerprint density at radius 1 is 1.08 bits per heavy atom. The minimum Gasteiger partial charge on any atom is -0.494 e. The van der Waals surface area contributed by atoms with Crippen LogP contribution in [0.25, 0.3) is 5.69 Å². The van der Waals surface area contributed by atoms with Crippen molar-refractivity contribution >= 4 is 21.9 Å². The first kappa shape index (κ1) is 25.1. The van der Waals surface area contributed by atoms with Crippen LogP contribution in [0.4, 0.5) is 16.3 Å². The Bertz CT molecular complexity index is 1320. The monoisotopic (exact) mass is 533 g/mol. The third-order valence-corrected chi connectivity index (χ3v) is 8.20. The van der Waals surface area contributed by atoms with Crippen molar-refractivity contribution in [2.45, 2.75) is 37.0 Å². The maximum absolute atomic E-state index is 13.6. The fourth-order valence-corrected chi connectivity index (χ4v) is 6.08. The number of nitrogens with zero attached hydrogens (tertiary/aromatic N) is 6. The molecule has 2 fully saturated rings. The zero-order chi connectivity index (χ0) is 26.0. The van der Waals surface area contributed by atoms with Gasteiger partial charge in [0.1, 0.15) is 23.3 Å². The molecule has 3 aromatic rings. The highest BCUT2D eigenvalue weighted by molar-refractivity contribution is 7.93. The van der Waals surface area contributed by atoms with Crippen LogP contribution in [0.3, 0.4) is 0 Å². The van der Waals surface area contributed by atoms with Gasteiger partial charge in [0.25, 0.3) is 0 Å². The van der Waals surface area contributed by atoms with E-state index in [4.69, 9.17) is 14.2 Å². The molecule has 2 aliphatic heterocycles. The number of para-hydroxylation sites is 1. The average molecular weight is 534 g/mol. The molecule has 198 valence electrons. The number of aromatic nitrogens is 5. The van der Waals surface area contributed by atoms with Crippen molar-refractivity contribution in [2.75, 3.05) is 43.5 Å². The third-order valence-electron chi connectivity index (χ3n) is 6.47. The predicted molar refractivity (Wildman–Crippen MR) is 132 cm³/mol. The first-order valence-electron chi connectivity index (χ1n) is 11.9. The Kier molecular flexibility index (Phi) is 7.11. The predicted octanol–water partition coefficient (Wildman–Crippen LogP) is 2.48. The lowest BCUT2D eigenvalue weighted by atomic mass is 10.1. The quantitative estimate of drug-likeness (QED) is 0.460. The Morgan fingerprint density at radius 2 is 1.81 bits per heavy atom. The van der Waals surface area contributed by atoms with Crippen molar-refractivity contribution in [1.82, 2.24) is 24.7 Å². The molecular formula is C23H28FN7O5S. The molecule has 0 bridgehead atoms. The number of hydrogen-bond donors (Lipinski definition) is 1. The van der Waals surface area contributed by atoms with Gasteiger partial charge >= 0.3 is 0 Å². The maximum atomic E-state index is 13.6. The minimum atomic E-state index is -3.93. The van der Waals surface area contributed by atoms with Crippen molar-refractivity contribution in [1.29, 1.82) is 0 Å². The second kappa shape index (κ2) is 10.5. The van der Waals surface area contributed by atoms with Crippen LogP contribution < -0.4 is 19.1 Å². The van der Waals surface area contributed by atoms with E-state index in [9.17, 15) is 12.8 Å². The molecule has 0 saturated carbocycles. The van der Waals surface area contributed by atoms with E-state index >= 15 is 0 Å². The van der Waals surface area contributed by atoms with Gasteiger partial charge in [-0.3, -0.25) is 9.29 Å². The number of anilines is 2. The molecule has 2 unspecified atom stereocenters. The molecule has 0 radical (unpaired) electrons. The fraction of sp³-hybridized carbons (Fsp3) is 0.478. The lowest BCUT2D eigenvalue weighted by Gasteiger charge is -2.32. The van der Waals surface area contributed by atoms with E-state index in [1.807, 2.05) is 0 Å². The average Bonchev–Trinajstić information content (AvgIpc) is 3.58. The second-order valence-electron chi connectivity index (χ2n) is 8.79. The number of nitrogens with one attached hydrogen (secondary N) is 1. The van der Waals surface area contributed by atoms with Gasteiger partial charge in [0.05, 0.1) is 31.9 Å². The smallest absolute Gasteiger partial charge is 0.243 e. The fourth-order valence-electron chi connectivity index (χ4n) is 4.68. The molecule has 12 nitrogen and oxygen atoms in total. The van der Waals surface area contributed by atoms with Crippen LogP contribution in [0.15, 0.2) is 30.6 Å². The molecule has 2 saturated heterocycles. The molecule has 4 heterocycles. The number of benzene rings is 1. The number of halogens is 1. The molecule has 5 rings (SSSR count).